The first-order valence-electron chi connectivity index (χ1n) is 7.77. The molecule has 24 heavy (non-hydrogen) atoms. The lowest BCUT2D eigenvalue weighted by Crippen LogP contribution is -2.26. The maximum Gasteiger partial charge on any atom is 0.222 e. The molecule has 3 nitrogen and oxygen atoms in total. The molecule has 5 heteroatoms. The second-order valence-corrected chi connectivity index (χ2v) is 5.85. The molecule has 0 radical (unpaired) electrons. The number of hydrogen-bond donors (Lipinski definition) is 1. The van der Waals surface area contributed by atoms with E-state index >= 15 is 0 Å². The highest BCUT2D eigenvalue weighted by atomic mass is 19.1. The molecule has 0 saturated heterocycles. The van der Waals surface area contributed by atoms with E-state index in [1.54, 1.807) is 7.05 Å². The number of aromatic nitrogens is 1. The van der Waals surface area contributed by atoms with E-state index in [4.69, 9.17) is 0 Å². The largest absolute Gasteiger partial charge is 0.361 e. The summed E-state index contributed by atoms with van der Waals surface area (Å²) >= 11 is 0. The van der Waals surface area contributed by atoms with Gasteiger partial charge < -0.3 is 9.88 Å². The average molecular weight is 328 g/mol. The Morgan fingerprint density at radius 1 is 1.12 bits per heavy atom. The van der Waals surface area contributed by atoms with E-state index in [2.05, 4.69) is 4.98 Å². The number of benzene rings is 2. The van der Waals surface area contributed by atoms with Crippen LogP contribution in [0.4, 0.5) is 8.78 Å². The number of nitrogens with zero attached hydrogens (tertiary/aromatic N) is 1. The summed E-state index contributed by atoms with van der Waals surface area (Å²) < 4.78 is 26.6. The molecule has 0 aliphatic rings. The molecule has 3 aromatic rings. The lowest BCUT2D eigenvalue weighted by molar-refractivity contribution is -0.130. The van der Waals surface area contributed by atoms with Crippen LogP contribution in [-0.2, 0) is 17.8 Å². The second kappa shape index (κ2) is 6.83. The lowest BCUT2D eigenvalue weighted by Gasteiger charge is -2.17. The maximum atomic E-state index is 13.7. The van der Waals surface area contributed by atoms with Crippen molar-refractivity contribution in [3.63, 3.8) is 0 Å². The molecule has 0 atom stereocenters. The Balaban J connectivity index is 1.62. The van der Waals surface area contributed by atoms with Gasteiger partial charge in [-0.1, -0.05) is 24.3 Å². The first kappa shape index (κ1) is 16.2. The summed E-state index contributed by atoms with van der Waals surface area (Å²) in [5, 5.41) is 1.11. The summed E-state index contributed by atoms with van der Waals surface area (Å²) in [4.78, 5) is 16.9. The molecule has 0 aliphatic carbocycles. The van der Waals surface area contributed by atoms with Crippen molar-refractivity contribution >= 4 is 16.8 Å². The van der Waals surface area contributed by atoms with Gasteiger partial charge in [0.25, 0.3) is 0 Å². The molecule has 0 bridgehead atoms. The molecular formula is C19H18F2N2O. The van der Waals surface area contributed by atoms with Crippen LogP contribution in [0, 0.1) is 11.6 Å². The standard InChI is InChI=1S/C19H18F2N2O/c1-23(12-14-6-8-15(20)10-17(14)21)19(24)9-7-13-11-22-18-5-3-2-4-16(13)18/h2-6,8,10-11,22H,7,9,12H2,1H3. The number of halogens is 2. The predicted octanol–water partition coefficient (Wildman–Crippen LogP) is 4.04. The summed E-state index contributed by atoms with van der Waals surface area (Å²) in [6.45, 7) is 0.124. The molecule has 3 rings (SSSR count). The van der Waals surface area contributed by atoms with Gasteiger partial charge in [-0.05, 0) is 24.1 Å². The number of hydrogen-bond acceptors (Lipinski definition) is 1. The smallest absolute Gasteiger partial charge is 0.222 e. The number of carbonyl (C=O) groups excluding carboxylic acids is 1. The van der Waals surface area contributed by atoms with E-state index < -0.39 is 11.6 Å². The summed E-state index contributed by atoms with van der Waals surface area (Å²) in [5.74, 6) is -1.33. The van der Waals surface area contributed by atoms with Crippen molar-refractivity contribution in [1.82, 2.24) is 9.88 Å². The van der Waals surface area contributed by atoms with E-state index in [1.807, 2.05) is 30.5 Å². The Bertz CT molecular complexity index is 873. The minimum absolute atomic E-state index is 0.0796. The van der Waals surface area contributed by atoms with Gasteiger partial charge in [0.2, 0.25) is 5.91 Å². The molecule has 1 N–H and O–H groups in total. The molecule has 0 spiro atoms. The lowest BCUT2D eigenvalue weighted by atomic mass is 10.1. The van der Waals surface area contributed by atoms with Gasteiger partial charge in [0.1, 0.15) is 11.6 Å². The Hall–Kier alpha value is -2.69. The zero-order valence-corrected chi connectivity index (χ0v) is 13.4. The van der Waals surface area contributed by atoms with Gasteiger partial charge in [0.15, 0.2) is 0 Å². The molecule has 0 unspecified atom stereocenters. The first-order valence-corrected chi connectivity index (χ1v) is 7.77. The van der Waals surface area contributed by atoms with E-state index in [-0.39, 0.29) is 12.5 Å². The van der Waals surface area contributed by atoms with Crippen LogP contribution in [0.25, 0.3) is 10.9 Å². The summed E-state index contributed by atoms with van der Waals surface area (Å²) in [6, 6.07) is 11.3. The van der Waals surface area contributed by atoms with Gasteiger partial charge in [-0.25, -0.2) is 8.78 Å². The molecule has 0 saturated carbocycles. The Morgan fingerprint density at radius 3 is 2.71 bits per heavy atom. The Labute approximate surface area is 138 Å². The van der Waals surface area contributed by atoms with Crippen LogP contribution in [0.15, 0.2) is 48.7 Å². The van der Waals surface area contributed by atoms with Crippen LogP contribution in [0.3, 0.4) is 0 Å². The molecule has 0 aliphatic heterocycles. The highest BCUT2D eigenvalue weighted by Gasteiger charge is 2.13. The molecule has 1 heterocycles. The van der Waals surface area contributed by atoms with Crippen LogP contribution >= 0.6 is 0 Å². The fourth-order valence-electron chi connectivity index (χ4n) is 2.76. The summed E-state index contributed by atoms with van der Waals surface area (Å²) in [5.41, 5.74) is 2.43. The van der Waals surface area contributed by atoms with Crippen molar-refractivity contribution in [2.24, 2.45) is 0 Å². The highest BCUT2D eigenvalue weighted by molar-refractivity contribution is 5.84. The maximum absolute atomic E-state index is 13.7. The minimum Gasteiger partial charge on any atom is -0.361 e. The van der Waals surface area contributed by atoms with Gasteiger partial charge in [-0.15, -0.1) is 0 Å². The topological polar surface area (TPSA) is 36.1 Å². The normalized spacial score (nSPS) is 11.0. The number of amides is 1. The third-order valence-corrected chi connectivity index (χ3v) is 4.13. The van der Waals surface area contributed by atoms with Gasteiger partial charge >= 0.3 is 0 Å². The predicted molar refractivity (Wildman–Crippen MR) is 89.5 cm³/mol. The number of carbonyl (C=O) groups is 1. The number of H-pyrrole nitrogens is 1. The molecule has 2 aromatic carbocycles. The third-order valence-electron chi connectivity index (χ3n) is 4.13. The van der Waals surface area contributed by atoms with Crippen molar-refractivity contribution in [2.45, 2.75) is 19.4 Å². The fourth-order valence-corrected chi connectivity index (χ4v) is 2.76. The number of aromatic amines is 1. The first-order chi connectivity index (χ1) is 11.5. The quantitative estimate of drug-likeness (QED) is 0.754. The number of fused-ring (bicyclic) bond motifs is 1. The highest BCUT2D eigenvalue weighted by Crippen LogP contribution is 2.19. The van der Waals surface area contributed by atoms with E-state index in [9.17, 15) is 13.6 Å². The number of rotatable bonds is 5. The number of nitrogens with one attached hydrogen (secondary N) is 1. The number of para-hydroxylation sites is 1. The van der Waals surface area contributed by atoms with Crippen molar-refractivity contribution in [2.75, 3.05) is 7.05 Å². The third kappa shape index (κ3) is 3.45. The average Bonchev–Trinajstić information content (AvgIpc) is 2.98. The molecular weight excluding hydrogens is 310 g/mol. The van der Waals surface area contributed by atoms with E-state index in [1.165, 1.54) is 17.0 Å². The van der Waals surface area contributed by atoms with E-state index in [0.29, 0.717) is 18.4 Å². The fraction of sp³-hybridized carbons (Fsp3) is 0.211. The van der Waals surface area contributed by atoms with Crippen LogP contribution in [-0.4, -0.2) is 22.8 Å². The van der Waals surface area contributed by atoms with Gasteiger partial charge in [0.05, 0.1) is 0 Å². The zero-order chi connectivity index (χ0) is 17.1. The van der Waals surface area contributed by atoms with Crippen molar-refractivity contribution < 1.29 is 13.6 Å². The minimum atomic E-state index is -0.633. The van der Waals surface area contributed by atoms with Crippen molar-refractivity contribution in [1.29, 1.82) is 0 Å². The van der Waals surface area contributed by atoms with Crippen LogP contribution in [0.1, 0.15) is 17.5 Å². The van der Waals surface area contributed by atoms with Crippen LogP contribution in [0.2, 0.25) is 0 Å². The van der Waals surface area contributed by atoms with Gasteiger partial charge in [0, 0.05) is 48.7 Å². The molecule has 1 amide bonds. The van der Waals surface area contributed by atoms with Gasteiger partial charge in [-0.2, -0.15) is 0 Å². The molecule has 124 valence electrons. The Kier molecular flexibility index (Phi) is 4.60. The Morgan fingerprint density at radius 2 is 1.92 bits per heavy atom. The van der Waals surface area contributed by atoms with Gasteiger partial charge in [-0.3, -0.25) is 4.79 Å². The molecule has 1 aromatic heterocycles. The van der Waals surface area contributed by atoms with Crippen molar-refractivity contribution in [3.8, 4) is 0 Å². The monoisotopic (exact) mass is 328 g/mol. The van der Waals surface area contributed by atoms with E-state index in [0.717, 1.165) is 22.5 Å². The summed E-state index contributed by atoms with van der Waals surface area (Å²) in [6.07, 6.45) is 2.86. The van der Waals surface area contributed by atoms with Crippen molar-refractivity contribution in [3.05, 3.63) is 71.4 Å². The molecule has 0 fully saturated rings. The van der Waals surface area contributed by atoms with Crippen LogP contribution < -0.4 is 0 Å². The number of aryl methyl sites for hydroxylation is 1. The zero-order valence-electron chi connectivity index (χ0n) is 13.4. The SMILES string of the molecule is CN(Cc1ccc(F)cc1F)C(=O)CCc1c[nH]c2ccccc12. The second-order valence-electron chi connectivity index (χ2n) is 5.85. The van der Waals surface area contributed by atoms with Crippen LogP contribution in [0.5, 0.6) is 0 Å². The summed E-state index contributed by atoms with van der Waals surface area (Å²) in [7, 11) is 1.63.